The topological polar surface area (TPSA) is 185 Å². The molecule has 9 heteroatoms. The van der Waals surface area contributed by atoms with Crippen LogP contribution in [0.2, 0.25) is 0 Å². The molecule has 0 heterocycles. The molecular weight excluding hydrogens is 324 g/mol. The fraction of sp³-hybridized carbons (Fsp3) is 0. The molecule has 0 bridgehead atoms. The van der Waals surface area contributed by atoms with Crippen molar-refractivity contribution in [2.75, 3.05) is 0 Å². The largest absolute Gasteiger partial charge is 2.00 e. The van der Waals surface area contributed by atoms with Gasteiger partial charge in [-0.25, -0.2) is 0 Å². The van der Waals surface area contributed by atoms with Crippen LogP contribution in [0.15, 0.2) is 0 Å². The van der Waals surface area contributed by atoms with Crippen molar-refractivity contribution in [3.05, 3.63) is 0 Å². The third-order valence-electron chi connectivity index (χ3n) is 0. The molecule has 0 unspecified atom stereocenters. The van der Waals surface area contributed by atoms with Crippen molar-refractivity contribution in [1.82, 2.24) is 0 Å². The first-order chi connectivity index (χ1) is 1.73. The molecule has 0 rings (SSSR count). The summed E-state index contributed by atoms with van der Waals surface area (Å²) in [6.45, 7) is 0. The Morgan fingerprint density at radius 3 is 1.22 bits per heavy atom. The second-order valence-electron chi connectivity index (χ2n) is 0.266. The molecule has 0 atom stereocenters. The molecular formula is H8O7SiW. The zero-order valence-corrected chi connectivity index (χ0v) is 8.05. The van der Waals surface area contributed by atoms with Crippen LogP contribution in [-0.2, 0) is 25.5 Å². The van der Waals surface area contributed by atoms with Crippen LogP contribution < -0.4 is 4.80 Å². The van der Waals surface area contributed by atoms with Crippen molar-refractivity contribution in [2.24, 2.45) is 0 Å². The van der Waals surface area contributed by atoms with Crippen LogP contribution in [0.3, 0.4) is 0 Å². The van der Waals surface area contributed by atoms with Crippen molar-refractivity contribution in [2.45, 2.75) is 0 Å². The molecule has 0 aliphatic rings. The van der Waals surface area contributed by atoms with Crippen molar-refractivity contribution in [1.29, 1.82) is 0 Å². The van der Waals surface area contributed by atoms with Gasteiger partial charge >= 0.3 is 30.2 Å². The van der Waals surface area contributed by atoms with Gasteiger partial charge < -0.3 is 36.0 Å². The number of hydrogen-bond donors (Lipinski definition) is 1. The zero-order valence-electron chi connectivity index (χ0n) is 4.12. The summed E-state index contributed by atoms with van der Waals surface area (Å²) in [6.07, 6.45) is 0. The van der Waals surface area contributed by atoms with Gasteiger partial charge in [0.15, 0.2) is 0 Å². The quantitative estimate of drug-likeness (QED) is 0.436. The maximum Gasteiger partial charge on any atom is 2.00 e. The fourth-order valence-electron chi connectivity index (χ4n) is 0. The Kier molecular flexibility index (Phi) is 286. The Morgan fingerprint density at radius 2 is 1.22 bits per heavy atom. The molecule has 7 nitrogen and oxygen atoms in total. The van der Waals surface area contributed by atoms with E-state index in [9.17, 15) is 0 Å². The Balaban J connectivity index is -0.00000000450. The SMILES string of the molecule is O.O.O.O=[Si]([O-])O.[OH-].[W+2]. The Hall–Kier alpha value is 0.145. The molecule has 0 amide bonds. The van der Waals surface area contributed by atoms with E-state index in [1.807, 2.05) is 0 Å². The molecule has 0 aliphatic heterocycles. The third-order valence-corrected chi connectivity index (χ3v) is 0. The molecule has 9 heavy (non-hydrogen) atoms. The van der Waals surface area contributed by atoms with Crippen LogP contribution in [0.5, 0.6) is 0 Å². The fourth-order valence-corrected chi connectivity index (χ4v) is 0. The monoisotopic (exact) mass is 332 g/mol. The number of hydrogen-bond acceptors (Lipinski definition) is 3. The van der Waals surface area contributed by atoms with Gasteiger partial charge in [-0.2, -0.15) is 0 Å². The van der Waals surface area contributed by atoms with Gasteiger partial charge in [0.25, 0.3) is 0 Å². The summed E-state index contributed by atoms with van der Waals surface area (Å²) in [4.78, 5) is 15.7. The normalized spacial score (nSPS) is 2.67. The van der Waals surface area contributed by atoms with Crippen LogP contribution >= 0.6 is 0 Å². The van der Waals surface area contributed by atoms with E-state index >= 15 is 0 Å². The van der Waals surface area contributed by atoms with Crippen molar-refractivity contribution >= 4 is 9.17 Å². The van der Waals surface area contributed by atoms with E-state index in [0.29, 0.717) is 0 Å². The molecule has 0 spiro atoms. The maximum absolute atomic E-state index is 8.63. The average Bonchev–Trinajstić information content (AvgIpc) is 0.811. The van der Waals surface area contributed by atoms with Gasteiger partial charge in [0.05, 0.1) is 0 Å². The molecule has 8 N–H and O–H groups in total. The first kappa shape index (κ1) is 61.3. The summed E-state index contributed by atoms with van der Waals surface area (Å²) in [6, 6.07) is 0. The standard InChI is InChI=1S/HO3Si.4H2O.W/c1-4(2)3;;;;;/h1H;4*1H2;/q-1;;;;;+2/p-1. The average molecular weight is 332 g/mol. The molecule has 0 aromatic heterocycles. The first-order valence-electron chi connectivity index (χ1n) is 0.632. The van der Waals surface area contributed by atoms with Crippen molar-refractivity contribution in [3.8, 4) is 0 Å². The molecule has 0 fully saturated rings. The van der Waals surface area contributed by atoms with E-state index in [-0.39, 0.29) is 43.0 Å². The Labute approximate surface area is 66.7 Å². The van der Waals surface area contributed by atoms with E-state index in [2.05, 4.69) is 0 Å². The third kappa shape index (κ3) is 14600. The van der Waals surface area contributed by atoms with Crippen molar-refractivity contribution in [3.63, 3.8) is 0 Å². The summed E-state index contributed by atoms with van der Waals surface area (Å²) in [7, 11) is -3.38. The van der Waals surface area contributed by atoms with E-state index < -0.39 is 9.17 Å². The van der Waals surface area contributed by atoms with Gasteiger partial charge in [-0.3, -0.25) is 0 Å². The zero-order chi connectivity index (χ0) is 3.58. The molecule has 0 aromatic carbocycles. The molecule has 0 aromatic rings. The Bertz CT molecular complexity index is 31.9. The molecule has 0 saturated carbocycles. The van der Waals surface area contributed by atoms with Crippen molar-refractivity contribution < 1.29 is 57.0 Å². The summed E-state index contributed by atoms with van der Waals surface area (Å²) >= 11 is 0. The van der Waals surface area contributed by atoms with E-state index in [0.717, 1.165) is 0 Å². The van der Waals surface area contributed by atoms with Gasteiger partial charge in [-0.15, -0.1) is 0 Å². The predicted octanol–water partition coefficient (Wildman–Crippen LogP) is -4.90. The number of rotatable bonds is 0. The van der Waals surface area contributed by atoms with Crippen LogP contribution in [0.4, 0.5) is 0 Å². The predicted molar refractivity (Wildman–Crippen MR) is 21.4 cm³/mol. The van der Waals surface area contributed by atoms with Gasteiger partial charge in [0.1, 0.15) is 0 Å². The summed E-state index contributed by atoms with van der Waals surface area (Å²) in [5.41, 5.74) is 0. The maximum atomic E-state index is 8.63. The summed E-state index contributed by atoms with van der Waals surface area (Å²) in [5.74, 6) is 0. The van der Waals surface area contributed by atoms with Gasteiger partial charge in [0, 0.05) is 0 Å². The van der Waals surface area contributed by atoms with E-state index in [4.69, 9.17) is 14.1 Å². The Morgan fingerprint density at radius 1 is 1.22 bits per heavy atom. The first-order valence-corrected chi connectivity index (χ1v) is 1.90. The minimum absolute atomic E-state index is 0. The second kappa shape index (κ2) is 42.0. The molecule has 0 radical (unpaired) electrons. The summed E-state index contributed by atoms with van der Waals surface area (Å²) in [5, 5.41) is 0. The van der Waals surface area contributed by atoms with E-state index in [1.54, 1.807) is 0 Å². The van der Waals surface area contributed by atoms with Crippen LogP contribution in [0.1, 0.15) is 0 Å². The smallest absolute Gasteiger partial charge is 0.870 e. The minimum Gasteiger partial charge on any atom is -0.870 e. The van der Waals surface area contributed by atoms with Gasteiger partial charge in [0.2, 0.25) is 0 Å². The minimum atomic E-state index is -3.38. The van der Waals surface area contributed by atoms with Gasteiger partial charge in [-0.05, 0) is 0 Å². The molecule has 60 valence electrons. The molecule has 0 aliphatic carbocycles. The second-order valence-corrected chi connectivity index (χ2v) is 0.798. The van der Waals surface area contributed by atoms with Crippen LogP contribution in [0, 0.1) is 0 Å². The van der Waals surface area contributed by atoms with Crippen LogP contribution in [-0.4, -0.2) is 35.9 Å². The summed E-state index contributed by atoms with van der Waals surface area (Å²) < 4.78 is 8.63. The van der Waals surface area contributed by atoms with Crippen LogP contribution in [0.25, 0.3) is 0 Å². The van der Waals surface area contributed by atoms with E-state index in [1.165, 1.54) is 0 Å². The molecule has 0 saturated heterocycles. The van der Waals surface area contributed by atoms with Gasteiger partial charge in [-0.1, -0.05) is 0 Å².